The molecule has 0 aromatic heterocycles. The minimum absolute atomic E-state index is 0.00458. The molecule has 0 amide bonds. The first kappa shape index (κ1) is 15.4. The third kappa shape index (κ3) is 3.76. The molecule has 1 aliphatic rings. The zero-order valence-corrected chi connectivity index (χ0v) is 12.1. The van der Waals surface area contributed by atoms with Crippen molar-refractivity contribution in [3.63, 3.8) is 0 Å². The van der Waals surface area contributed by atoms with E-state index in [9.17, 15) is 10.3 Å². The number of hydrogen-bond donors (Lipinski definition) is 0. The summed E-state index contributed by atoms with van der Waals surface area (Å²) in [4.78, 5) is 17.3. The minimum atomic E-state index is -0.597. The molecule has 0 radical (unpaired) electrons. The highest BCUT2D eigenvalue weighted by molar-refractivity contribution is 6.36. The Morgan fingerprint density at radius 2 is 2.05 bits per heavy atom. The Bertz CT molecular complexity index is 520. The van der Waals surface area contributed by atoms with Crippen molar-refractivity contribution in [1.29, 1.82) is 0 Å². The number of carbonyl (C=O) groups excluding carboxylic acids is 1. The van der Waals surface area contributed by atoms with Crippen LogP contribution in [0.1, 0.15) is 18.5 Å². The molecule has 0 saturated carbocycles. The van der Waals surface area contributed by atoms with Crippen molar-refractivity contribution < 1.29 is 19.1 Å². The average molecular weight is 289 g/mol. The maximum absolute atomic E-state index is 12.1. The van der Waals surface area contributed by atoms with E-state index in [2.05, 4.69) is 9.69 Å². The highest BCUT2D eigenvalue weighted by atomic mass is 16.5. The van der Waals surface area contributed by atoms with Crippen molar-refractivity contribution in [3.05, 3.63) is 41.4 Å². The van der Waals surface area contributed by atoms with E-state index >= 15 is 0 Å². The zero-order chi connectivity index (χ0) is 15.1. The summed E-state index contributed by atoms with van der Waals surface area (Å²) in [5, 5.41) is 0. The van der Waals surface area contributed by atoms with Crippen molar-refractivity contribution in [3.8, 4) is 0 Å². The van der Waals surface area contributed by atoms with Crippen molar-refractivity contribution in [2.75, 3.05) is 32.9 Å². The van der Waals surface area contributed by atoms with Gasteiger partial charge in [0.25, 0.3) is 0 Å². The van der Waals surface area contributed by atoms with E-state index < -0.39 is 12.0 Å². The van der Waals surface area contributed by atoms with Gasteiger partial charge >= 0.3 is 11.7 Å². The van der Waals surface area contributed by atoms with Gasteiger partial charge in [-0.1, -0.05) is 30.3 Å². The SMILES string of the molecule is CCOC(=O)C(=[N+]=[N-])C(c1ccccc1)N1CCOCC1. The largest absolute Gasteiger partial charge is 0.457 e. The topological polar surface area (TPSA) is 75.2 Å². The van der Waals surface area contributed by atoms with Gasteiger partial charge in [-0.3, -0.25) is 4.90 Å². The lowest BCUT2D eigenvalue weighted by atomic mass is 9.99. The van der Waals surface area contributed by atoms with Crippen molar-refractivity contribution in [1.82, 2.24) is 4.90 Å². The summed E-state index contributed by atoms with van der Waals surface area (Å²) in [6.07, 6.45) is 0. The van der Waals surface area contributed by atoms with Crippen LogP contribution >= 0.6 is 0 Å². The molecule has 0 N–H and O–H groups in total. The van der Waals surface area contributed by atoms with Crippen LogP contribution in [0.3, 0.4) is 0 Å². The van der Waals surface area contributed by atoms with Crippen LogP contribution in [0.5, 0.6) is 0 Å². The number of hydrogen-bond acceptors (Lipinski definition) is 4. The van der Waals surface area contributed by atoms with Crippen LogP contribution in [0.4, 0.5) is 0 Å². The van der Waals surface area contributed by atoms with E-state index in [1.165, 1.54) is 0 Å². The second-order valence-corrected chi connectivity index (χ2v) is 4.67. The molecule has 1 atom stereocenters. The third-order valence-corrected chi connectivity index (χ3v) is 3.38. The van der Waals surface area contributed by atoms with Crippen molar-refractivity contribution in [2.45, 2.75) is 13.0 Å². The van der Waals surface area contributed by atoms with Gasteiger partial charge in [0.1, 0.15) is 6.04 Å². The maximum Gasteiger partial charge on any atom is 0.419 e. The maximum atomic E-state index is 12.1. The fraction of sp³-hybridized carbons (Fsp3) is 0.467. The van der Waals surface area contributed by atoms with Gasteiger partial charge in [-0.15, -0.1) is 0 Å². The quantitative estimate of drug-likeness (QED) is 0.354. The van der Waals surface area contributed by atoms with Gasteiger partial charge < -0.3 is 15.0 Å². The molecule has 1 aliphatic heterocycles. The summed E-state index contributed by atoms with van der Waals surface area (Å²) in [5.41, 5.74) is 10.2. The fourth-order valence-corrected chi connectivity index (χ4v) is 2.42. The normalized spacial score (nSPS) is 16.8. The number of ether oxygens (including phenoxy) is 2. The van der Waals surface area contributed by atoms with Crippen LogP contribution in [0.25, 0.3) is 5.53 Å². The second kappa shape index (κ2) is 7.69. The van der Waals surface area contributed by atoms with Crippen LogP contribution in [0, 0.1) is 0 Å². The fourth-order valence-electron chi connectivity index (χ4n) is 2.42. The summed E-state index contributed by atoms with van der Waals surface area (Å²) >= 11 is 0. The molecule has 1 heterocycles. The summed E-state index contributed by atoms with van der Waals surface area (Å²) < 4.78 is 10.3. The first-order valence-electron chi connectivity index (χ1n) is 7.03. The van der Waals surface area contributed by atoms with E-state index in [0.29, 0.717) is 26.3 Å². The lowest BCUT2D eigenvalue weighted by molar-refractivity contribution is -0.141. The molecule has 1 aromatic rings. The minimum Gasteiger partial charge on any atom is -0.457 e. The molecule has 1 fully saturated rings. The Morgan fingerprint density at radius 3 is 2.62 bits per heavy atom. The molecule has 0 bridgehead atoms. The van der Waals surface area contributed by atoms with E-state index in [0.717, 1.165) is 5.56 Å². The van der Waals surface area contributed by atoms with Gasteiger partial charge in [0.2, 0.25) is 0 Å². The number of rotatable bonds is 5. The van der Waals surface area contributed by atoms with E-state index in [1.807, 2.05) is 30.3 Å². The second-order valence-electron chi connectivity index (χ2n) is 4.67. The molecule has 0 aliphatic carbocycles. The Labute approximate surface area is 123 Å². The van der Waals surface area contributed by atoms with Crippen molar-refractivity contribution in [2.24, 2.45) is 0 Å². The first-order chi connectivity index (χ1) is 10.3. The van der Waals surface area contributed by atoms with Crippen LogP contribution in [-0.2, 0) is 14.3 Å². The van der Waals surface area contributed by atoms with Crippen LogP contribution in [0.2, 0.25) is 0 Å². The lowest BCUT2D eigenvalue weighted by Crippen LogP contribution is -2.44. The summed E-state index contributed by atoms with van der Waals surface area (Å²) in [6, 6.07) is 9.07. The van der Waals surface area contributed by atoms with Gasteiger partial charge in [-0.05, 0) is 12.5 Å². The number of benzene rings is 1. The summed E-state index contributed by atoms with van der Waals surface area (Å²) in [6.45, 7) is 4.47. The van der Waals surface area contributed by atoms with Gasteiger partial charge in [-0.25, -0.2) is 4.79 Å². The number of esters is 1. The van der Waals surface area contributed by atoms with Crippen LogP contribution in [-0.4, -0.2) is 54.3 Å². The number of morpholine rings is 1. The molecule has 0 spiro atoms. The Morgan fingerprint density at radius 1 is 1.38 bits per heavy atom. The molecule has 6 nitrogen and oxygen atoms in total. The highest BCUT2D eigenvalue weighted by Crippen LogP contribution is 2.23. The number of carbonyl (C=O) groups is 1. The predicted molar refractivity (Wildman–Crippen MR) is 76.8 cm³/mol. The number of nitrogens with zero attached hydrogens (tertiary/aromatic N) is 3. The van der Waals surface area contributed by atoms with Crippen molar-refractivity contribution >= 4 is 11.7 Å². The first-order valence-corrected chi connectivity index (χ1v) is 7.03. The van der Waals surface area contributed by atoms with Gasteiger partial charge in [-0.2, -0.15) is 4.79 Å². The molecule has 21 heavy (non-hydrogen) atoms. The monoisotopic (exact) mass is 289 g/mol. The van der Waals surface area contributed by atoms with Gasteiger partial charge in [0.15, 0.2) is 0 Å². The van der Waals surface area contributed by atoms with E-state index in [-0.39, 0.29) is 12.3 Å². The molecular weight excluding hydrogens is 270 g/mol. The van der Waals surface area contributed by atoms with Crippen LogP contribution < -0.4 is 0 Å². The molecule has 2 rings (SSSR count). The smallest absolute Gasteiger partial charge is 0.419 e. The Hall–Kier alpha value is -2.01. The molecule has 1 saturated heterocycles. The lowest BCUT2D eigenvalue weighted by Gasteiger charge is -2.31. The van der Waals surface area contributed by atoms with Gasteiger partial charge in [0, 0.05) is 13.1 Å². The van der Waals surface area contributed by atoms with Gasteiger partial charge in [0.05, 0.1) is 19.8 Å². The molecular formula is C15H19N3O3. The van der Waals surface area contributed by atoms with E-state index in [1.54, 1.807) is 6.92 Å². The van der Waals surface area contributed by atoms with Crippen LogP contribution in [0.15, 0.2) is 30.3 Å². The summed E-state index contributed by atoms with van der Waals surface area (Å²) in [7, 11) is 0. The predicted octanol–water partition coefficient (Wildman–Crippen LogP) is 1.29. The summed E-state index contributed by atoms with van der Waals surface area (Å²) in [5.74, 6) is -0.597. The molecule has 1 aromatic carbocycles. The Balaban J connectivity index is 2.35. The van der Waals surface area contributed by atoms with E-state index in [4.69, 9.17) is 9.47 Å². The third-order valence-electron chi connectivity index (χ3n) is 3.38. The zero-order valence-electron chi connectivity index (χ0n) is 12.1. The highest BCUT2D eigenvalue weighted by Gasteiger charge is 2.38. The Kier molecular flexibility index (Phi) is 5.63. The molecule has 1 unspecified atom stereocenters. The standard InChI is InChI=1S/C15H19N3O3/c1-2-21-15(19)13(17-16)14(12-6-4-3-5-7-12)18-8-10-20-11-9-18/h3-7,14H,2,8-11H2,1H3. The molecule has 6 heteroatoms. The average Bonchev–Trinajstić information content (AvgIpc) is 2.54. The molecule has 112 valence electrons.